The van der Waals surface area contributed by atoms with E-state index in [1.807, 2.05) is 0 Å². The summed E-state index contributed by atoms with van der Waals surface area (Å²) in [5, 5.41) is 0. The van der Waals surface area contributed by atoms with Gasteiger partial charge in [-0.05, 0) is 73.5 Å². The molecule has 19 heavy (non-hydrogen) atoms. The lowest BCUT2D eigenvalue weighted by molar-refractivity contribution is 0.0710. The molecule has 4 saturated carbocycles. The first-order valence-corrected chi connectivity index (χ1v) is 7.67. The summed E-state index contributed by atoms with van der Waals surface area (Å²) in [7, 11) is 1.73. The van der Waals surface area contributed by atoms with Crippen LogP contribution < -0.4 is 4.74 Å². The summed E-state index contributed by atoms with van der Waals surface area (Å²) in [4.78, 5) is 0. The van der Waals surface area contributed by atoms with Gasteiger partial charge in [0.1, 0.15) is 5.75 Å². The van der Waals surface area contributed by atoms with Crippen molar-refractivity contribution in [2.24, 2.45) is 23.7 Å². The van der Waals surface area contributed by atoms with Crippen LogP contribution in [-0.2, 0) is 0 Å². The Morgan fingerprint density at radius 3 is 2.00 bits per heavy atom. The molecule has 0 radical (unpaired) electrons. The first kappa shape index (κ1) is 11.6. The number of ether oxygens (including phenoxy) is 1. The van der Waals surface area contributed by atoms with E-state index in [0.717, 1.165) is 29.4 Å². The van der Waals surface area contributed by atoms with Crippen molar-refractivity contribution >= 4 is 6.08 Å². The largest absolute Gasteiger partial charge is 0.497 e. The number of hydrogen-bond donors (Lipinski definition) is 0. The fraction of sp³-hybridized carbons (Fsp3) is 0.556. The Bertz CT molecular complexity index is 467. The second kappa shape index (κ2) is 4.40. The first-order valence-electron chi connectivity index (χ1n) is 7.67. The third-order valence-corrected chi connectivity index (χ3v) is 5.53. The highest BCUT2D eigenvalue weighted by atomic mass is 16.5. The van der Waals surface area contributed by atoms with Crippen molar-refractivity contribution in [2.45, 2.75) is 32.1 Å². The van der Waals surface area contributed by atoms with Crippen LogP contribution in [0.25, 0.3) is 6.08 Å². The second-order valence-corrected chi connectivity index (χ2v) is 6.72. The Hall–Kier alpha value is -1.24. The smallest absolute Gasteiger partial charge is 0.118 e. The van der Waals surface area contributed by atoms with Gasteiger partial charge in [0, 0.05) is 0 Å². The van der Waals surface area contributed by atoms with E-state index in [9.17, 15) is 0 Å². The molecule has 0 saturated heterocycles. The minimum Gasteiger partial charge on any atom is -0.497 e. The highest BCUT2D eigenvalue weighted by Crippen LogP contribution is 2.56. The van der Waals surface area contributed by atoms with E-state index < -0.39 is 0 Å². The van der Waals surface area contributed by atoms with Crippen LogP contribution in [0.2, 0.25) is 0 Å². The maximum Gasteiger partial charge on any atom is 0.118 e. The van der Waals surface area contributed by atoms with Crippen molar-refractivity contribution in [3.63, 3.8) is 0 Å². The van der Waals surface area contributed by atoms with Gasteiger partial charge in [-0.25, -0.2) is 0 Å². The molecule has 0 aromatic heterocycles. The lowest BCUT2D eigenvalue weighted by Crippen LogP contribution is -2.40. The molecule has 0 atom stereocenters. The third kappa shape index (κ3) is 2.00. The average Bonchev–Trinajstić information content (AvgIpc) is 2.43. The predicted molar refractivity (Wildman–Crippen MR) is 78.0 cm³/mol. The normalized spacial score (nSPS) is 35.5. The predicted octanol–water partition coefficient (Wildman–Crippen LogP) is 4.53. The maximum absolute atomic E-state index is 5.23. The summed E-state index contributed by atoms with van der Waals surface area (Å²) in [5.74, 6) is 4.86. The van der Waals surface area contributed by atoms with Gasteiger partial charge in [-0.1, -0.05) is 23.8 Å². The third-order valence-electron chi connectivity index (χ3n) is 5.53. The van der Waals surface area contributed by atoms with Gasteiger partial charge in [0.15, 0.2) is 0 Å². The van der Waals surface area contributed by atoms with Crippen molar-refractivity contribution < 1.29 is 4.74 Å². The number of methoxy groups -OCH3 is 1. The van der Waals surface area contributed by atoms with Crippen LogP contribution in [-0.4, -0.2) is 7.11 Å². The van der Waals surface area contributed by atoms with E-state index in [0.29, 0.717) is 0 Å². The lowest BCUT2D eigenvalue weighted by atomic mass is 9.54. The van der Waals surface area contributed by atoms with E-state index in [1.54, 1.807) is 12.7 Å². The molecule has 0 N–H and O–H groups in total. The Kier molecular flexibility index (Phi) is 2.68. The minimum absolute atomic E-state index is 0.901. The van der Waals surface area contributed by atoms with Crippen molar-refractivity contribution in [3.05, 3.63) is 35.4 Å². The number of rotatable bonds is 2. The van der Waals surface area contributed by atoms with Crippen LogP contribution in [0.15, 0.2) is 29.8 Å². The van der Waals surface area contributed by atoms with Gasteiger partial charge in [-0.2, -0.15) is 0 Å². The summed E-state index contributed by atoms with van der Waals surface area (Å²) in [5.41, 5.74) is 3.11. The van der Waals surface area contributed by atoms with E-state index in [1.165, 1.54) is 37.7 Å². The summed E-state index contributed by atoms with van der Waals surface area (Å²) in [6.07, 6.45) is 9.88. The highest BCUT2D eigenvalue weighted by Gasteiger charge is 2.44. The van der Waals surface area contributed by atoms with Gasteiger partial charge < -0.3 is 4.74 Å². The molecule has 0 unspecified atom stereocenters. The number of benzene rings is 1. The van der Waals surface area contributed by atoms with Gasteiger partial charge in [0.2, 0.25) is 0 Å². The van der Waals surface area contributed by atoms with Crippen LogP contribution in [0.5, 0.6) is 5.75 Å². The van der Waals surface area contributed by atoms with Crippen molar-refractivity contribution in [1.29, 1.82) is 0 Å². The topological polar surface area (TPSA) is 9.23 Å². The van der Waals surface area contributed by atoms with Gasteiger partial charge in [0.25, 0.3) is 0 Å². The molecule has 5 rings (SSSR count). The molecule has 0 spiro atoms. The van der Waals surface area contributed by atoms with Crippen LogP contribution in [0.1, 0.15) is 37.7 Å². The second-order valence-electron chi connectivity index (χ2n) is 6.72. The molecule has 1 aromatic rings. The molecule has 1 nitrogen and oxygen atoms in total. The molecule has 1 aromatic carbocycles. The summed E-state index contributed by atoms with van der Waals surface area (Å²) < 4.78 is 5.23. The quantitative estimate of drug-likeness (QED) is 0.753. The van der Waals surface area contributed by atoms with E-state index in [-0.39, 0.29) is 0 Å². The Balaban J connectivity index is 1.62. The van der Waals surface area contributed by atoms with Gasteiger partial charge in [-0.3, -0.25) is 0 Å². The SMILES string of the molecule is COc1ccc(C=C2C3CC4CC(C3)CC2C4)cc1. The summed E-state index contributed by atoms with van der Waals surface area (Å²) in [6.45, 7) is 0. The number of hydrogen-bond acceptors (Lipinski definition) is 1. The summed E-state index contributed by atoms with van der Waals surface area (Å²) >= 11 is 0. The monoisotopic (exact) mass is 254 g/mol. The fourth-order valence-corrected chi connectivity index (χ4v) is 4.86. The number of allylic oxidation sites excluding steroid dienone is 1. The molecule has 4 bridgehead atoms. The zero-order valence-electron chi connectivity index (χ0n) is 11.6. The molecule has 0 aliphatic heterocycles. The first-order chi connectivity index (χ1) is 9.31. The molecular formula is C18H22O. The van der Waals surface area contributed by atoms with Gasteiger partial charge in [0.05, 0.1) is 7.11 Å². The van der Waals surface area contributed by atoms with Gasteiger partial charge in [-0.15, -0.1) is 0 Å². The molecule has 4 aliphatic rings. The Morgan fingerprint density at radius 2 is 1.47 bits per heavy atom. The molecule has 100 valence electrons. The van der Waals surface area contributed by atoms with Crippen molar-refractivity contribution in [3.8, 4) is 5.75 Å². The molecule has 1 heteroatoms. The highest BCUT2D eigenvalue weighted by molar-refractivity contribution is 5.56. The van der Waals surface area contributed by atoms with Crippen molar-refractivity contribution in [2.75, 3.05) is 7.11 Å². The van der Waals surface area contributed by atoms with E-state index in [4.69, 9.17) is 4.74 Å². The zero-order valence-corrected chi connectivity index (χ0v) is 11.6. The lowest BCUT2D eigenvalue weighted by Gasteiger charge is -2.51. The van der Waals surface area contributed by atoms with Crippen LogP contribution >= 0.6 is 0 Å². The molecular weight excluding hydrogens is 232 g/mol. The Labute approximate surface area is 115 Å². The van der Waals surface area contributed by atoms with Crippen LogP contribution in [0.4, 0.5) is 0 Å². The molecule has 4 aliphatic carbocycles. The van der Waals surface area contributed by atoms with E-state index >= 15 is 0 Å². The zero-order chi connectivity index (χ0) is 12.8. The maximum atomic E-state index is 5.23. The standard InChI is InChI=1S/C18H22O/c1-19-17-4-2-12(3-5-17)11-18-15-7-13-6-14(9-15)10-16(18)8-13/h2-5,11,13-16H,6-10H2,1H3. The Morgan fingerprint density at radius 1 is 0.895 bits per heavy atom. The molecule has 0 amide bonds. The van der Waals surface area contributed by atoms with Crippen molar-refractivity contribution in [1.82, 2.24) is 0 Å². The average molecular weight is 254 g/mol. The fourth-order valence-electron chi connectivity index (χ4n) is 4.86. The molecule has 0 heterocycles. The van der Waals surface area contributed by atoms with Crippen LogP contribution in [0, 0.1) is 23.7 Å². The van der Waals surface area contributed by atoms with E-state index in [2.05, 4.69) is 30.3 Å². The molecule has 4 fully saturated rings. The summed E-state index contributed by atoms with van der Waals surface area (Å²) in [6, 6.07) is 8.53. The minimum atomic E-state index is 0.901. The van der Waals surface area contributed by atoms with Crippen LogP contribution in [0.3, 0.4) is 0 Å². The van der Waals surface area contributed by atoms with Gasteiger partial charge >= 0.3 is 0 Å².